The van der Waals surface area contributed by atoms with Crippen LogP contribution in [0.15, 0.2) is 53.7 Å². The van der Waals surface area contributed by atoms with Crippen molar-refractivity contribution in [3.8, 4) is 11.1 Å². The van der Waals surface area contributed by atoms with Gasteiger partial charge in [-0.25, -0.2) is 4.79 Å². The fourth-order valence-corrected chi connectivity index (χ4v) is 2.83. The maximum atomic E-state index is 11.4. The SMILES string of the molecule is C/C=C/C(=O)OCCc1cc(-c2ccc(C)cc2C)ccc1CN=O. The summed E-state index contributed by atoms with van der Waals surface area (Å²) < 4.78 is 5.17. The summed E-state index contributed by atoms with van der Waals surface area (Å²) in [5.74, 6) is -0.358. The van der Waals surface area contributed by atoms with Crippen LogP contribution < -0.4 is 0 Å². The van der Waals surface area contributed by atoms with Crippen molar-refractivity contribution in [2.75, 3.05) is 6.61 Å². The molecule has 0 saturated heterocycles. The first-order valence-electron chi connectivity index (χ1n) is 8.33. The topological polar surface area (TPSA) is 55.7 Å². The Labute approximate surface area is 148 Å². The Bertz CT molecular complexity index is 794. The fourth-order valence-electron chi connectivity index (χ4n) is 2.83. The average Bonchev–Trinajstić information content (AvgIpc) is 2.57. The van der Waals surface area contributed by atoms with Crippen LogP contribution in [0.1, 0.15) is 29.2 Å². The van der Waals surface area contributed by atoms with Crippen LogP contribution in [0.2, 0.25) is 0 Å². The maximum Gasteiger partial charge on any atom is 0.330 e. The van der Waals surface area contributed by atoms with Crippen LogP contribution in [-0.4, -0.2) is 12.6 Å². The number of ether oxygens (including phenoxy) is 1. The molecule has 0 N–H and O–H groups in total. The molecule has 2 aromatic carbocycles. The quantitative estimate of drug-likeness (QED) is 0.410. The number of hydrogen-bond donors (Lipinski definition) is 0. The van der Waals surface area contributed by atoms with Crippen LogP contribution in [0.25, 0.3) is 11.1 Å². The molecule has 0 radical (unpaired) electrons. The van der Waals surface area contributed by atoms with E-state index in [2.05, 4.69) is 43.3 Å². The van der Waals surface area contributed by atoms with E-state index in [-0.39, 0.29) is 19.1 Å². The van der Waals surface area contributed by atoms with Crippen LogP contribution in [0, 0.1) is 18.8 Å². The molecule has 0 heterocycles. The van der Waals surface area contributed by atoms with Gasteiger partial charge in [0.1, 0.15) is 6.54 Å². The molecule has 0 bridgehead atoms. The minimum Gasteiger partial charge on any atom is -0.462 e. The molecule has 0 aliphatic rings. The molecular formula is C21H23NO3. The molecule has 4 heteroatoms. The summed E-state index contributed by atoms with van der Waals surface area (Å²) in [6.07, 6.45) is 3.58. The van der Waals surface area contributed by atoms with E-state index >= 15 is 0 Å². The van der Waals surface area contributed by atoms with Crippen molar-refractivity contribution in [2.45, 2.75) is 33.7 Å². The molecule has 0 spiro atoms. The third-order valence-electron chi connectivity index (χ3n) is 4.05. The monoisotopic (exact) mass is 337 g/mol. The first-order chi connectivity index (χ1) is 12.0. The van der Waals surface area contributed by atoms with Gasteiger partial charge in [-0.1, -0.05) is 53.2 Å². The second-order valence-electron chi connectivity index (χ2n) is 6.01. The Kier molecular flexibility index (Phi) is 6.63. The average molecular weight is 337 g/mol. The molecule has 4 nitrogen and oxygen atoms in total. The molecule has 130 valence electrons. The van der Waals surface area contributed by atoms with Gasteiger partial charge in [0.15, 0.2) is 0 Å². The molecule has 0 aromatic heterocycles. The molecule has 0 fully saturated rings. The predicted molar refractivity (Wildman–Crippen MR) is 100 cm³/mol. The summed E-state index contributed by atoms with van der Waals surface area (Å²) in [6, 6.07) is 12.3. The number of allylic oxidation sites excluding steroid dienone is 1. The van der Waals surface area contributed by atoms with Gasteiger partial charge >= 0.3 is 5.97 Å². The number of carbonyl (C=O) groups is 1. The molecule has 0 atom stereocenters. The van der Waals surface area contributed by atoms with Gasteiger partial charge in [-0.2, -0.15) is 4.91 Å². The highest BCUT2D eigenvalue weighted by molar-refractivity contribution is 5.81. The zero-order chi connectivity index (χ0) is 18.2. The highest BCUT2D eigenvalue weighted by atomic mass is 16.5. The van der Waals surface area contributed by atoms with E-state index in [9.17, 15) is 9.70 Å². The lowest BCUT2D eigenvalue weighted by Gasteiger charge is -2.12. The van der Waals surface area contributed by atoms with Crippen molar-refractivity contribution in [2.24, 2.45) is 5.18 Å². The first-order valence-corrected chi connectivity index (χ1v) is 8.33. The van der Waals surface area contributed by atoms with Crippen LogP contribution in [0.4, 0.5) is 0 Å². The lowest BCUT2D eigenvalue weighted by molar-refractivity contribution is -0.137. The smallest absolute Gasteiger partial charge is 0.330 e. The van der Waals surface area contributed by atoms with E-state index in [4.69, 9.17) is 4.74 Å². The molecule has 25 heavy (non-hydrogen) atoms. The molecule has 0 unspecified atom stereocenters. The lowest BCUT2D eigenvalue weighted by atomic mass is 9.94. The molecule has 0 amide bonds. The van der Waals surface area contributed by atoms with E-state index in [1.165, 1.54) is 17.2 Å². The molecule has 0 saturated carbocycles. The molecular weight excluding hydrogens is 314 g/mol. The van der Waals surface area contributed by atoms with Crippen molar-refractivity contribution in [3.63, 3.8) is 0 Å². The Morgan fingerprint density at radius 2 is 1.92 bits per heavy atom. The van der Waals surface area contributed by atoms with Crippen LogP contribution in [0.3, 0.4) is 0 Å². The van der Waals surface area contributed by atoms with Crippen LogP contribution in [-0.2, 0) is 22.5 Å². The van der Waals surface area contributed by atoms with Gasteiger partial charge in [-0.3, -0.25) is 0 Å². The number of aryl methyl sites for hydroxylation is 2. The van der Waals surface area contributed by atoms with Crippen molar-refractivity contribution in [1.29, 1.82) is 0 Å². The number of nitroso groups, excluding NO2 is 1. The number of benzene rings is 2. The summed E-state index contributed by atoms with van der Waals surface area (Å²) in [7, 11) is 0. The van der Waals surface area contributed by atoms with Gasteiger partial charge < -0.3 is 4.74 Å². The summed E-state index contributed by atoms with van der Waals surface area (Å²) in [4.78, 5) is 22.1. The second kappa shape index (κ2) is 8.92. The number of nitrogens with zero attached hydrogens (tertiary/aromatic N) is 1. The van der Waals surface area contributed by atoms with Crippen molar-refractivity contribution < 1.29 is 9.53 Å². The van der Waals surface area contributed by atoms with Gasteiger partial charge in [0.05, 0.1) is 6.61 Å². The van der Waals surface area contributed by atoms with Gasteiger partial charge in [0.2, 0.25) is 0 Å². The second-order valence-corrected chi connectivity index (χ2v) is 6.01. The third-order valence-corrected chi connectivity index (χ3v) is 4.05. The maximum absolute atomic E-state index is 11.4. The Morgan fingerprint density at radius 3 is 2.60 bits per heavy atom. The third kappa shape index (κ3) is 5.11. The Morgan fingerprint density at radius 1 is 1.12 bits per heavy atom. The molecule has 0 aliphatic carbocycles. The number of carbonyl (C=O) groups excluding carboxylic acids is 1. The van der Waals surface area contributed by atoms with Crippen LogP contribution >= 0.6 is 0 Å². The lowest BCUT2D eigenvalue weighted by Crippen LogP contribution is -2.06. The van der Waals surface area contributed by atoms with Crippen molar-refractivity contribution in [1.82, 2.24) is 0 Å². The van der Waals surface area contributed by atoms with Crippen molar-refractivity contribution >= 4 is 5.97 Å². The molecule has 0 aliphatic heterocycles. The number of hydrogen-bond acceptors (Lipinski definition) is 4. The van der Waals surface area contributed by atoms with E-state index in [1.807, 2.05) is 12.1 Å². The summed E-state index contributed by atoms with van der Waals surface area (Å²) in [6.45, 7) is 6.31. The summed E-state index contributed by atoms with van der Waals surface area (Å²) in [5, 5.41) is 3.00. The zero-order valence-corrected chi connectivity index (χ0v) is 14.9. The van der Waals surface area contributed by atoms with Crippen LogP contribution in [0.5, 0.6) is 0 Å². The minimum atomic E-state index is -0.358. The van der Waals surface area contributed by atoms with E-state index in [0.29, 0.717) is 6.42 Å². The zero-order valence-electron chi connectivity index (χ0n) is 14.9. The summed E-state index contributed by atoms with van der Waals surface area (Å²) in [5.41, 5.74) is 6.51. The normalized spacial score (nSPS) is 10.8. The van der Waals surface area contributed by atoms with E-state index < -0.39 is 0 Å². The standard InChI is InChI=1S/C21H23NO3/c1-4-5-21(23)25-11-10-17-13-18(7-8-19(17)14-22-24)20-9-6-15(2)12-16(20)3/h4-9,12-13H,10-11,14H2,1-3H3/b5-4+. The van der Waals surface area contributed by atoms with Crippen molar-refractivity contribution in [3.05, 3.63) is 75.7 Å². The minimum absolute atomic E-state index is 0.116. The van der Waals surface area contributed by atoms with Gasteiger partial charge in [-0.15, -0.1) is 0 Å². The van der Waals surface area contributed by atoms with E-state index in [1.54, 1.807) is 13.0 Å². The number of esters is 1. The Balaban J connectivity index is 2.26. The van der Waals surface area contributed by atoms with Gasteiger partial charge in [0.25, 0.3) is 0 Å². The van der Waals surface area contributed by atoms with Gasteiger partial charge in [0, 0.05) is 12.5 Å². The first kappa shape index (κ1) is 18.6. The van der Waals surface area contributed by atoms with E-state index in [0.717, 1.165) is 22.3 Å². The number of rotatable bonds is 7. The predicted octanol–water partition coefficient (Wildman–Crippen LogP) is 4.90. The Hall–Kier alpha value is -2.75. The largest absolute Gasteiger partial charge is 0.462 e. The molecule has 2 aromatic rings. The summed E-state index contributed by atoms with van der Waals surface area (Å²) >= 11 is 0. The fraction of sp³-hybridized carbons (Fsp3) is 0.286. The van der Waals surface area contributed by atoms with Gasteiger partial charge in [-0.05, 0) is 48.6 Å². The highest BCUT2D eigenvalue weighted by Crippen LogP contribution is 2.27. The molecule has 2 rings (SSSR count). The highest BCUT2D eigenvalue weighted by Gasteiger charge is 2.09.